The van der Waals surface area contributed by atoms with Crippen molar-refractivity contribution in [3.63, 3.8) is 0 Å². The van der Waals surface area contributed by atoms with Crippen LogP contribution in [0.5, 0.6) is 0 Å². The molecule has 0 amide bonds. The molecule has 3 aromatic rings. The van der Waals surface area contributed by atoms with E-state index in [4.69, 9.17) is 0 Å². The summed E-state index contributed by atoms with van der Waals surface area (Å²) in [5.41, 5.74) is 4.84. The fourth-order valence-corrected chi connectivity index (χ4v) is 2.57. The lowest BCUT2D eigenvalue weighted by atomic mass is 10.0. The van der Waals surface area contributed by atoms with Gasteiger partial charge in [-0.2, -0.15) is 0 Å². The Morgan fingerprint density at radius 1 is 1.25 bits per heavy atom. The van der Waals surface area contributed by atoms with Crippen LogP contribution in [0.4, 0.5) is 0 Å². The first kappa shape index (κ1) is 9.60. The van der Waals surface area contributed by atoms with Gasteiger partial charge in [-0.05, 0) is 25.5 Å². The standard InChI is InChI=1S/C13H12N2S/c1-9-3-4-10(2)11(7-9)12-8-15-5-6-16-13(15)14-12/h3-8H,1-2H3. The van der Waals surface area contributed by atoms with Crippen LogP contribution >= 0.6 is 11.3 Å². The largest absolute Gasteiger partial charge is 0.297 e. The number of rotatable bonds is 1. The van der Waals surface area contributed by atoms with E-state index in [-0.39, 0.29) is 0 Å². The second-order valence-electron chi connectivity index (χ2n) is 4.04. The van der Waals surface area contributed by atoms with Crippen LogP contribution in [0, 0.1) is 13.8 Å². The molecule has 2 nitrogen and oxygen atoms in total. The van der Waals surface area contributed by atoms with E-state index in [1.54, 1.807) is 11.3 Å². The van der Waals surface area contributed by atoms with E-state index in [2.05, 4.69) is 53.0 Å². The molecule has 1 aromatic carbocycles. The fraction of sp³-hybridized carbons (Fsp3) is 0.154. The van der Waals surface area contributed by atoms with Crippen molar-refractivity contribution in [1.82, 2.24) is 9.38 Å². The maximum Gasteiger partial charge on any atom is 0.194 e. The van der Waals surface area contributed by atoms with Crippen molar-refractivity contribution in [2.45, 2.75) is 13.8 Å². The van der Waals surface area contributed by atoms with Crippen molar-refractivity contribution in [2.75, 3.05) is 0 Å². The Hall–Kier alpha value is -1.61. The van der Waals surface area contributed by atoms with Gasteiger partial charge in [0.05, 0.1) is 5.69 Å². The second-order valence-corrected chi connectivity index (χ2v) is 4.91. The average molecular weight is 228 g/mol. The lowest BCUT2D eigenvalue weighted by Gasteiger charge is -2.03. The van der Waals surface area contributed by atoms with E-state index in [1.807, 2.05) is 6.20 Å². The van der Waals surface area contributed by atoms with Gasteiger partial charge in [0.2, 0.25) is 0 Å². The van der Waals surface area contributed by atoms with Crippen molar-refractivity contribution >= 4 is 16.3 Å². The third-order valence-corrected chi connectivity index (χ3v) is 3.53. The summed E-state index contributed by atoms with van der Waals surface area (Å²) in [5.74, 6) is 0. The van der Waals surface area contributed by atoms with E-state index < -0.39 is 0 Å². The Bertz CT molecular complexity index is 620. The smallest absolute Gasteiger partial charge is 0.194 e. The van der Waals surface area contributed by atoms with Crippen molar-refractivity contribution in [2.24, 2.45) is 0 Å². The maximum absolute atomic E-state index is 4.63. The molecule has 0 fully saturated rings. The molecule has 0 spiro atoms. The van der Waals surface area contributed by atoms with E-state index in [1.165, 1.54) is 16.7 Å². The predicted molar refractivity (Wildman–Crippen MR) is 68.0 cm³/mol. The lowest BCUT2D eigenvalue weighted by Crippen LogP contribution is -1.84. The maximum atomic E-state index is 4.63. The number of benzene rings is 1. The molecule has 0 radical (unpaired) electrons. The molecule has 0 saturated heterocycles. The monoisotopic (exact) mass is 228 g/mol. The van der Waals surface area contributed by atoms with Crippen LogP contribution in [0.2, 0.25) is 0 Å². The number of fused-ring (bicyclic) bond motifs is 1. The molecule has 2 heterocycles. The van der Waals surface area contributed by atoms with Crippen LogP contribution in [0.3, 0.4) is 0 Å². The summed E-state index contributed by atoms with van der Waals surface area (Å²) < 4.78 is 2.07. The number of imidazole rings is 1. The highest BCUT2D eigenvalue weighted by molar-refractivity contribution is 7.15. The SMILES string of the molecule is Cc1ccc(C)c(-c2cn3ccsc3n2)c1. The first-order valence-corrected chi connectivity index (χ1v) is 6.12. The molecule has 2 aromatic heterocycles. The summed E-state index contributed by atoms with van der Waals surface area (Å²) in [6.45, 7) is 4.24. The lowest BCUT2D eigenvalue weighted by molar-refractivity contribution is 1.23. The quantitative estimate of drug-likeness (QED) is 0.621. The van der Waals surface area contributed by atoms with Crippen molar-refractivity contribution in [3.8, 4) is 11.3 Å². The Morgan fingerprint density at radius 2 is 2.12 bits per heavy atom. The van der Waals surface area contributed by atoms with Crippen LogP contribution in [0.15, 0.2) is 36.0 Å². The van der Waals surface area contributed by atoms with Gasteiger partial charge in [-0.1, -0.05) is 17.7 Å². The van der Waals surface area contributed by atoms with E-state index >= 15 is 0 Å². The van der Waals surface area contributed by atoms with Crippen LogP contribution in [-0.2, 0) is 0 Å². The predicted octanol–water partition coefficient (Wildman–Crippen LogP) is 3.68. The number of nitrogens with zero attached hydrogens (tertiary/aromatic N) is 2. The van der Waals surface area contributed by atoms with Gasteiger partial charge in [-0.15, -0.1) is 11.3 Å². The Morgan fingerprint density at radius 3 is 2.94 bits per heavy atom. The summed E-state index contributed by atoms with van der Waals surface area (Å²) in [5, 5.41) is 2.05. The number of aromatic nitrogens is 2. The van der Waals surface area contributed by atoms with Gasteiger partial charge in [0.15, 0.2) is 4.96 Å². The summed E-state index contributed by atoms with van der Waals surface area (Å²) in [4.78, 5) is 5.68. The number of aryl methyl sites for hydroxylation is 2. The minimum absolute atomic E-state index is 1.05. The van der Waals surface area contributed by atoms with Gasteiger partial charge >= 0.3 is 0 Å². The molecule has 3 rings (SSSR count). The van der Waals surface area contributed by atoms with E-state index in [0.29, 0.717) is 0 Å². The van der Waals surface area contributed by atoms with Crippen LogP contribution in [-0.4, -0.2) is 9.38 Å². The number of hydrogen-bond acceptors (Lipinski definition) is 2. The van der Waals surface area contributed by atoms with Gasteiger partial charge in [-0.25, -0.2) is 4.98 Å². The first-order chi connectivity index (χ1) is 7.74. The van der Waals surface area contributed by atoms with E-state index in [9.17, 15) is 0 Å². The highest BCUT2D eigenvalue weighted by atomic mass is 32.1. The van der Waals surface area contributed by atoms with Crippen molar-refractivity contribution < 1.29 is 0 Å². The first-order valence-electron chi connectivity index (χ1n) is 5.24. The Labute approximate surface area is 98.2 Å². The molecule has 3 heteroatoms. The zero-order chi connectivity index (χ0) is 11.1. The van der Waals surface area contributed by atoms with E-state index in [0.717, 1.165) is 10.7 Å². The zero-order valence-corrected chi connectivity index (χ0v) is 10.1. The normalized spacial score (nSPS) is 11.1. The van der Waals surface area contributed by atoms with Gasteiger partial charge in [0.1, 0.15) is 0 Å². The molecular formula is C13H12N2S. The van der Waals surface area contributed by atoms with Gasteiger partial charge in [-0.3, -0.25) is 4.40 Å². The topological polar surface area (TPSA) is 17.3 Å². The molecule has 0 saturated carbocycles. The Kier molecular flexibility index (Phi) is 2.07. The van der Waals surface area contributed by atoms with Crippen LogP contribution in [0.1, 0.15) is 11.1 Å². The zero-order valence-electron chi connectivity index (χ0n) is 9.27. The molecule has 0 N–H and O–H groups in total. The third-order valence-electron chi connectivity index (χ3n) is 2.76. The third kappa shape index (κ3) is 1.44. The summed E-state index contributed by atoms with van der Waals surface area (Å²) in [6.07, 6.45) is 4.13. The molecule has 0 aliphatic carbocycles. The molecule has 0 bridgehead atoms. The van der Waals surface area contributed by atoms with Gasteiger partial charge in [0.25, 0.3) is 0 Å². The Balaban J connectivity index is 2.22. The number of thiazole rings is 1. The minimum atomic E-state index is 1.05. The minimum Gasteiger partial charge on any atom is -0.297 e. The van der Waals surface area contributed by atoms with Gasteiger partial charge in [0, 0.05) is 23.3 Å². The molecule has 0 aliphatic heterocycles. The molecule has 0 unspecified atom stereocenters. The molecule has 0 atom stereocenters. The fourth-order valence-electron chi connectivity index (χ4n) is 1.87. The van der Waals surface area contributed by atoms with Crippen molar-refractivity contribution in [3.05, 3.63) is 47.1 Å². The second kappa shape index (κ2) is 3.46. The summed E-state index contributed by atoms with van der Waals surface area (Å²) in [7, 11) is 0. The molecular weight excluding hydrogens is 216 g/mol. The highest BCUT2D eigenvalue weighted by Gasteiger charge is 2.07. The average Bonchev–Trinajstić information content (AvgIpc) is 2.81. The highest BCUT2D eigenvalue weighted by Crippen LogP contribution is 2.25. The molecule has 80 valence electrons. The van der Waals surface area contributed by atoms with Crippen molar-refractivity contribution in [1.29, 1.82) is 0 Å². The molecule has 16 heavy (non-hydrogen) atoms. The summed E-state index contributed by atoms with van der Waals surface area (Å²) >= 11 is 1.66. The number of hydrogen-bond donors (Lipinski definition) is 0. The van der Waals surface area contributed by atoms with Crippen LogP contribution in [0.25, 0.3) is 16.2 Å². The van der Waals surface area contributed by atoms with Gasteiger partial charge < -0.3 is 0 Å². The molecule has 0 aliphatic rings. The summed E-state index contributed by atoms with van der Waals surface area (Å²) in [6, 6.07) is 6.48. The van der Waals surface area contributed by atoms with Crippen LogP contribution < -0.4 is 0 Å².